The van der Waals surface area contributed by atoms with Crippen LogP contribution in [0.2, 0.25) is 0 Å². The highest BCUT2D eigenvalue weighted by atomic mass is 16.3. The second-order valence-electron chi connectivity index (χ2n) is 6.86. The fourth-order valence-electron chi connectivity index (χ4n) is 2.73. The van der Waals surface area contributed by atoms with E-state index in [1.165, 1.54) is 11.1 Å². The Balaban J connectivity index is 3.02. The number of aliphatic hydroxyl groups excluding tert-OH is 2. The Kier molecular flexibility index (Phi) is 7.84. The number of hydrogen-bond acceptors (Lipinski definition) is 2. The summed E-state index contributed by atoms with van der Waals surface area (Å²) in [6, 6.07) is 0. The average molecular weight is 304 g/mol. The molecule has 124 valence electrons. The lowest BCUT2D eigenvalue weighted by Crippen LogP contribution is -2.20. The topological polar surface area (TPSA) is 40.5 Å². The highest BCUT2D eigenvalue weighted by Gasteiger charge is 2.18. The van der Waals surface area contributed by atoms with Crippen molar-refractivity contribution in [3.63, 3.8) is 0 Å². The summed E-state index contributed by atoms with van der Waals surface area (Å²) in [7, 11) is 0. The Morgan fingerprint density at radius 1 is 1.05 bits per heavy atom. The maximum Gasteiger partial charge on any atom is 0.0793 e. The van der Waals surface area contributed by atoms with Gasteiger partial charge in [0.05, 0.1) is 12.2 Å². The van der Waals surface area contributed by atoms with E-state index in [0.717, 1.165) is 30.4 Å². The molecule has 0 amide bonds. The van der Waals surface area contributed by atoms with Crippen LogP contribution in [0.4, 0.5) is 0 Å². The van der Waals surface area contributed by atoms with Gasteiger partial charge in [-0.05, 0) is 56.6 Å². The minimum atomic E-state index is -0.564. The van der Waals surface area contributed by atoms with Gasteiger partial charge in [0.15, 0.2) is 0 Å². The molecule has 0 aromatic carbocycles. The van der Waals surface area contributed by atoms with E-state index in [1.807, 2.05) is 6.08 Å². The maximum absolute atomic E-state index is 10.5. The third-order valence-corrected chi connectivity index (χ3v) is 4.38. The van der Waals surface area contributed by atoms with Gasteiger partial charge in [-0.25, -0.2) is 0 Å². The highest BCUT2D eigenvalue weighted by Crippen LogP contribution is 2.24. The van der Waals surface area contributed by atoms with E-state index in [9.17, 15) is 10.2 Å². The summed E-state index contributed by atoms with van der Waals surface area (Å²) >= 11 is 0. The lowest BCUT2D eigenvalue weighted by Gasteiger charge is -2.22. The molecule has 2 heteroatoms. The van der Waals surface area contributed by atoms with Crippen molar-refractivity contribution >= 4 is 0 Å². The number of rotatable bonds is 1. The van der Waals surface area contributed by atoms with E-state index in [1.54, 1.807) is 0 Å². The van der Waals surface area contributed by atoms with Crippen molar-refractivity contribution in [1.82, 2.24) is 0 Å². The first-order valence-electron chi connectivity index (χ1n) is 8.38. The highest BCUT2D eigenvalue weighted by molar-refractivity contribution is 5.23. The molecule has 2 atom stereocenters. The Hall–Kier alpha value is -1.12. The minimum Gasteiger partial charge on any atom is -0.389 e. The molecular weight excluding hydrogens is 272 g/mol. The Morgan fingerprint density at radius 3 is 2.36 bits per heavy atom. The molecule has 1 aliphatic carbocycles. The van der Waals surface area contributed by atoms with Crippen LogP contribution in [0.3, 0.4) is 0 Å². The molecule has 0 unspecified atom stereocenters. The predicted octanol–water partition coefficient (Wildman–Crippen LogP) is 4.70. The van der Waals surface area contributed by atoms with Gasteiger partial charge in [-0.2, -0.15) is 0 Å². The van der Waals surface area contributed by atoms with Gasteiger partial charge in [-0.3, -0.25) is 0 Å². The smallest absolute Gasteiger partial charge is 0.0793 e. The zero-order valence-corrected chi connectivity index (χ0v) is 14.6. The minimum absolute atomic E-state index is 0.277. The molecule has 0 aliphatic heterocycles. The zero-order valence-electron chi connectivity index (χ0n) is 14.6. The van der Waals surface area contributed by atoms with Crippen LogP contribution in [0.25, 0.3) is 0 Å². The largest absolute Gasteiger partial charge is 0.389 e. The first kappa shape index (κ1) is 18.9. The molecule has 0 radical (unpaired) electrons. The molecule has 1 aliphatic rings. The summed E-state index contributed by atoms with van der Waals surface area (Å²) in [6.45, 7) is 12.4. The Morgan fingerprint density at radius 2 is 1.73 bits per heavy atom. The van der Waals surface area contributed by atoms with Crippen molar-refractivity contribution in [2.45, 2.75) is 72.0 Å². The van der Waals surface area contributed by atoms with Crippen LogP contribution in [0.15, 0.2) is 47.1 Å². The summed E-state index contributed by atoms with van der Waals surface area (Å²) in [4.78, 5) is 0. The number of aliphatic hydroxyl groups is 2. The molecular formula is C20H32O2. The maximum atomic E-state index is 10.5. The average Bonchev–Trinajstić information content (AvgIpc) is 2.43. The zero-order chi connectivity index (χ0) is 16.7. The summed E-state index contributed by atoms with van der Waals surface area (Å²) in [5.74, 6) is 0.277. The van der Waals surface area contributed by atoms with Crippen molar-refractivity contribution in [2.24, 2.45) is 5.92 Å². The van der Waals surface area contributed by atoms with E-state index < -0.39 is 12.2 Å². The Labute approximate surface area is 135 Å². The first-order valence-corrected chi connectivity index (χ1v) is 8.38. The molecule has 0 saturated carbocycles. The monoisotopic (exact) mass is 304 g/mol. The molecule has 0 aromatic heterocycles. The van der Waals surface area contributed by atoms with Gasteiger partial charge in [-0.15, -0.1) is 0 Å². The van der Waals surface area contributed by atoms with Crippen molar-refractivity contribution < 1.29 is 10.2 Å². The van der Waals surface area contributed by atoms with Crippen LogP contribution in [0.1, 0.15) is 59.8 Å². The first-order chi connectivity index (χ1) is 10.3. The summed E-state index contributed by atoms with van der Waals surface area (Å²) < 4.78 is 0. The molecule has 0 fully saturated rings. The van der Waals surface area contributed by atoms with E-state index >= 15 is 0 Å². The van der Waals surface area contributed by atoms with Gasteiger partial charge in [-0.1, -0.05) is 49.8 Å². The quantitative estimate of drug-likeness (QED) is 0.689. The van der Waals surface area contributed by atoms with E-state index in [0.29, 0.717) is 12.8 Å². The van der Waals surface area contributed by atoms with Crippen LogP contribution in [0, 0.1) is 5.92 Å². The SMILES string of the molecule is C=C1C[C@H](O)/C(C(C)C)=C\C=C(/C)CC/C=C(\C)CC[C@H]1O. The Bertz CT molecular complexity index is 466. The predicted molar refractivity (Wildman–Crippen MR) is 94.7 cm³/mol. The van der Waals surface area contributed by atoms with Gasteiger partial charge in [0.25, 0.3) is 0 Å². The van der Waals surface area contributed by atoms with Crippen LogP contribution in [0.5, 0.6) is 0 Å². The molecule has 0 bridgehead atoms. The van der Waals surface area contributed by atoms with Crippen LogP contribution < -0.4 is 0 Å². The van der Waals surface area contributed by atoms with Crippen molar-refractivity contribution in [3.05, 3.63) is 47.1 Å². The van der Waals surface area contributed by atoms with Gasteiger partial charge in [0.2, 0.25) is 0 Å². The fraction of sp³-hybridized carbons (Fsp3) is 0.600. The van der Waals surface area contributed by atoms with Gasteiger partial charge in [0.1, 0.15) is 0 Å². The molecule has 2 N–H and O–H groups in total. The summed E-state index contributed by atoms with van der Waals surface area (Å²) in [5, 5.41) is 20.7. The van der Waals surface area contributed by atoms with E-state index in [4.69, 9.17) is 0 Å². The molecule has 2 nitrogen and oxygen atoms in total. The van der Waals surface area contributed by atoms with E-state index in [2.05, 4.69) is 46.4 Å². The summed E-state index contributed by atoms with van der Waals surface area (Å²) in [6.07, 6.45) is 9.39. The standard InChI is InChI=1S/C20H32O2/c1-14(2)18-11-9-15(3)7-6-8-16(4)10-12-19(21)17(5)13-20(18)22/h8-9,11,14,19-22H,5-7,10,12-13H2,1-4H3/b15-9+,16-8+,18-11-/t19-,20+/m1/s1. The second kappa shape index (κ2) is 9.12. The molecule has 22 heavy (non-hydrogen) atoms. The lowest BCUT2D eigenvalue weighted by atomic mass is 9.90. The molecule has 0 spiro atoms. The molecule has 0 aromatic rings. The second-order valence-corrected chi connectivity index (χ2v) is 6.86. The van der Waals surface area contributed by atoms with Crippen molar-refractivity contribution in [3.8, 4) is 0 Å². The molecule has 0 saturated heterocycles. The third kappa shape index (κ3) is 6.33. The van der Waals surface area contributed by atoms with Crippen LogP contribution in [-0.2, 0) is 0 Å². The van der Waals surface area contributed by atoms with E-state index in [-0.39, 0.29) is 5.92 Å². The lowest BCUT2D eigenvalue weighted by molar-refractivity contribution is 0.163. The normalized spacial score (nSPS) is 33.2. The summed E-state index contributed by atoms with van der Waals surface area (Å²) in [5.41, 5.74) is 4.38. The number of allylic oxidation sites excluding steroid dienone is 5. The van der Waals surface area contributed by atoms with Crippen LogP contribution >= 0.6 is 0 Å². The number of hydrogen-bond donors (Lipinski definition) is 2. The van der Waals surface area contributed by atoms with Crippen LogP contribution in [-0.4, -0.2) is 22.4 Å². The van der Waals surface area contributed by atoms with Gasteiger partial charge < -0.3 is 10.2 Å². The molecule has 1 rings (SSSR count). The van der Waals surface area contributed by atoms with Gasteiger partial charge in [0, 0.05) is 6.42 Å². The van der Waals surface area contributed by atoms with Gasteiger partial charge >= 0.3 is 0 Å². The molecule has 0 heterocycles. The third-order valence-electron chi connectivity index (χ3n) is 4.38. The van der Waals surface area contributed by atoms with Crippen molar-refractivity contribution in [1.29, 1.82) is 0 Å². The van der Waals surface area contributed by atoms with Crippen molar-refractivity contribution in [2.75, 3.05) is 0 Å². The fourth-order valence-corrected chi connectivity index (χ4v) is 2.73.